The molecule has 4 rings (SSSR count). The molecule has 0 atom stereocenters. The Morgan fingerprint density at radius 2 is 2.19 bits per heavy atom. The standard InChI is InChI=1S/C20H12N2O3S2/c1-24-15-4-2-3-12(7-15)5-6-13-10-21-11-14-8-16(25-18(13)14)9-17-19(23)22-20(26)27-17/h2-4,7-11H,1H3,(H,22,23,26). The van der Waals surface area contributed by atoms with Crippen LogP contribution in [0.1, 0.15) is 16.9 Å². The number of thioether (sulfide) groups is 1. The Kier molecular flexibility index (Phi) is 4.67. The second kappa shape index (κ2) is 7.27. The molecule has 2 aromatic heterocycles. The topological polar surface area (TPSA) is 64.4 Å². The molecule has 0 unspecified atom stereocenters. The number of benzene rings is 1. The predicted octanol–water partition coefficient (Wildman–Crippen LogP) is 3.73. The average Bonchev–Trinajstić information content (AvgIpc) is 3.22. The zero-order valence-electron chi connectivity index (χ0n) is 14.1. The van der Waals surface area contributed by atoms with Gasteiger partial charge in [0.05, 0.1) is 17.6 Å². The Morgan fingerprint density at radius 3 is 2.96 bits per heavy atom. The van der Waals surface area contributed by atoms with E-state index in [0.29, 0.717) is 26.1 Å². The fraction of sp³-hybridized carbons (Fsp3) is 0.0500. The summed E-state index contributed by atoms with van der Waals surface area (Å²) in [5.41, 5.74) is 2.12. The van der Waals surface area contributed by atoms with E-state index < -0.39 is 0 Å². The van der Waals surface area contributed by atoms with Crippen molar-refractivity contribution in [3.8, 4) is 17.6 Å². The number of carbonyl (C=O) groups excluding carboxylic acids is 1. The number of amides is 1. The largest absolute Gasteiger partial charge is 0.497 e. The van der Waals surface area contributed by atoms with Gasteiger partial charge in [0.25, 0.3) is 5.91 Å². The van der Waals surface area contributed by atoms with Crippen LogP contribution in [0.5, 0.6) is 5.75 Å². The number of rotatable bonds is 2. The van der Waals surface area contributed by atoms with Gasteiger partial charge in [-0.15, -0.1) is 0 Å². The summed E-state index contributed by atoms with van der Waals surface area (Å²) in [7, 11) is 1.62. The first-order valence-corrected chi connectivity index (χ1v) is 9.13. The number of ether oxygens (including phenoxy) is 1. The number of nitrogens with one attached hydrogen (secondary N) is 1. The third kappa shape index (κ3) is 3.72. The lowest BCUT2D eigenvalue weighted by Gasteiger charge is -1.98. The van der Waals surface area contributed by atoms with E-state index in [2.05, 4.69) is 22.1 Å². The molecule has 132 valence electrons. The van der Waals surface area contributed by atoms with Gasteiger partial charge in [0.1, 0.15) is 15.8 Å². The molecule has 0 radical (unpaired) electrons. The van der Waals surface area contributed by atoms with Gasteiger partial charge in [0.2, 0.25) is 0 Å². The molecule has 0 saturated carbocycles. The quantitative estimate of drug-likeness (QED) is 0.407. The van der Waals surface area contributed by atoms with Gasteiger partial charge in [-0.1, -0.05) is 41.9 Å². The number of hydrogen-bond acceptors (Lipinski definition) is 6. The van der Waals surface area contributed by atoms with E-state index >= 15 is 0 Å². The lowest BCUT2D eigenvalue weighted by atomic mass is 10.2. The first kappa shape index (κ1) is 17.3. The molecule has 7 heteroatoms. The highest BCUT2D eigenvalue weighted by Gasteiger charge is 2.22. The average molecular weight is 392 g/mol. The van der Waals surface area contributed by atoms with Gasteiger partial charge < -0.3 is 14.5 Å². The highest BCUT2D eigenvalue weighted by Crippen LogP contribution is 2.29. The smallest absolute Gasteiger partial charge is 0.263 e. The highest BCUT2D eigenvalue weighted by atomic mass is 32.2. The van der Waals surface area contributed by atoms with Crippen LogP contribution in [0.4, 0.5) is 0 Å². The maximum atomic E-state index is 11.8. The third-order valence-corrected chi connectivity index (χ3v) is 4.93. The van der Waals surface area contributed by atoms with Crippen molar-refractivity contribution in [2.24, 2.45) is 0 Å². The number of aromatic nitrogens is 1. The number of carbonyl (C=O) groups is 1. The number of hydrogen-bond donors (Lipinski definition) is 1. The second-order valence-electron chi connectivity index (χ2n) is 5.59. The molecule has 0 aliphatic carbocycles. The number of fused-ring (bicyclic) bond motifs is 1. The first-order chi connectivity index (χ1) is 13.1. The van der Waals surface area contributed by atoms with Crippen molar-refractivity contribution in [1.82, 2.24) is 10.3 Å². The minimum Gasteiger partial charge on any atom is -0.497 e. The Labute approximate surface area is 164 Å². The highest BCUT2D eigenvalue weighted by molar-refractivity contribution is 8.26. The van der Waals surface area contributed by atoms with Crippen LogP contribution < -0.4 is 10.1 Å². The molecule has 1 saturated heterocycles. The Morgan fingerprint density at radius 1 is 1.30 bits per heavy atom. The summed E-state index contributed by atoms with van der Waals surface area (Å²) in [6.07, 6.45) is 5.02. The Balaban J connectivity index is 1.70. The number of methoxy groups -OCH3 is 1. The van der Waals surface area contributed by atoms with Crippen molar-refractivity contribution >= 4 is 51.3 Å². The molecular formula is C20H12N2O3S2. The van der Waals surface area contributed by atoms with Gasteiger partial charge in [-0.05, 0) is 24.3 Å². The first-order valence-electron chi connectivity index (χ1n) is 7.91. The molecule has 1 aliphatic heterocycles. The van der Waals surface area contributed by atoms with E-state index in [1.165, 1.54) is 11.8 Å². The maximum absolute atomic E-state index is 11.8. The van der Waals surface area contributed by atoms with Crippen LogP contribution in [0.15, 0.2) is 52.0 Å². The molecule has 1 aromatic carbocycles. The molecule has 3 aromatic rings. The Bertz CT molecular complexity index is 1170. The van der Waals surface area contributed by atoms with Crippen LogP contribution in [0.2, 0.25) is 0 Å². The van der Waals surface area contributed by atoms with Crippen LogP contribution >= 0.6 is 24.0 Å². The van der Waals surface area contributed by atoms with Crippen LogP contribution in [0.25, 0.3) is 17.0 Å². The van der Waals surface area contributed by atoms with Crippen LogP contribution in [0, 0.1) is 11.8 Å². The summed E-state index contributed by atoms with van der Waals surface area (Å²) in [6, 6.07) is 9.33. The number of pyridine rings is 1. The lowest BCUT2D eigenvalue weighted by Crippen LogP contribution is -2.17. The summed E-state index contributed by atoms with van der Waals surface area (Å²) in [5, 5.41) is 3.39. The van der Waals surface area contributed by atoms with E-state index in [1.807, 2.05) is 30.3 Å². The lowest BCUT2D eigenvalue weighted by molar-refractivity contribution is -0.115. The van der Waals surface area contributed by atoms with E-state index in [9.17, 15) is 4.79 Å². The van der Waals surface area contributed by atoms with E-state index in [4.69, 9.17) is 21.4 Å². The molecule has 0 spiro atoms. The van der Waals surface area contributed by atoms with E-state index in [0.717, 1.165) is 16.7 Å². The molecule has 27 heavy (non-hydrogen) atoms. The van der Waals surface area contributed by atoms with Crippen molar-refractivity contribution in [2.45, 2.75) is 0 Å². The SMILES string of the molecule is COc1cccc(C#Cc2cncc3cc(C=C4SC(=S)NC4=O)oc23)c1. The van der Waals surface area contributed by atoms with Crippen molar-refractivity contribution in [3.05, 3.63) is 64.5 Å². The molecule has 5 nitrogen and oxygen atoms in total. The molecule has 0 bridgehead atoms. The molecular weight excluding hydrogens is 380 g/mol. The van der Waals surface area contributed by atoms with Gasteiger partial charge in [-0.3, -0.25) is 9.78 Å². The third-order valence-electron chi connectivity index (χ3n) is 3.77. The summed E-state index contributed by atoms with van der Waals surface area (Å²) in [4.78, 5) is 16.5. The molecule has 1 fully saturated rings. The zero-order chi connectivity index (χ0) is 18.8. The number of thiocarbonyl (C=S) groups is 1. The van der Waals surface area contributed by atoms with Crippen molar-refractivity contribution in [1.29, 1.82) is 0 Å². The zero-order valence-corrected chi connectivity index (χ0v) is 15.7. The summed E-state index contributed by atoms with van der Waals surface area (Å²) in [5.74, 6) is 7.25. The predicted molar refractivity (Wildman–Crippen MR) is 109 cm³/mol. The summed E-state index contributed by atoms with van der Waals surface area (Å²) in [6.45, 7) is 0. The van der Waals surface area contributed by atoms with Gasteiger partial charge in [0, 0.05) is 29.4 Å². The molecule has 1 N–H and O–H groups in total. The van der Waals surface area contributed by atoms with Gasteiger partial charge >= 0.3 is 0 Å². The molecule has 1 aliphatic rings. The fourth-order valence-electron chi connectivity index (χ4n) is 2.53. The van der Waals surface area contributed by atoms with Crippen molar-refractivity contribution < 1.29 is 13.9 Å². The van der Waals surface area contributed by atoms with E-state index in [1.54, 1.807) is 25.6 Å². The van der Waals surface area contributed by atoms with Gasteiger partial charge in [0.15, 0.2) is 5.58 Å². The fourth-order valence-corrected chi connectivity index (χ4v) is 3.56. The van der Waals surface area contributed by atoms with Crippen molar-refractivity contribution in [3.63, 3.8) is 0 Å². The van der Waals surface area contributed by atoms with Crippen LogP contribution in [-0.2, 0) is 4.79 Å². The summed E-state index contributed by atoms with van der Waals surface area (Å²) >= 11 is 6.21. The van der Waals surface area contributed by atoms with Crippen LogP contribution in [0.3, 0.4) is 0 Å². The molecule has 1 amide bonds. The monoisotopic (exact) mass is 392 g/mol. The summed E-state index contributed by atoms with van der Waals surface area (Å²) < 4.78 is 11.5. The van der Waals surface area contributed by atoms with Crippen molar-refractivity contribution in [2.75, 3.05) is 7.11 Å². The minimum atomic E-state index is -0.221. The Hall–Kier alpha value is -3.08. The molecule has 3 heterocycles. The van der Waals surface area contributed by atoms with Gasteiger partial charge in [-0.2, -0.15) is 0 Å². The second-order valence-corrected chi connectivity index (χ2v) is 7.31. The van der Waals surface area contributed by atoms with E-state index in [-0.39, 0.29) is 5.91 Å². The maximum Gasteiger partial charge on any atom is 0.263 e. The van der Waals surface area contributed by atoms with Gasteiger partial charge in [-0.25, -0.2) is 0 Å². The minimum absolute atomic E-state index is 0.221. The number of furan rings is 1. The normalized spacial score (nSPS) is 14.9. The number of nitrogens with zero attached hydrogens (tertiary/aromatic N) is 1. The van der Waals surface area contributed by atoms with Crippen LogP contribution in [-0.4, -0.2) is 22.3 Å².